The summed E-state index contributed by atoms with van der Waals surface area (Å²) < 4.78 is 23.8. The predicted octanol–water partition coefficient (Wildman–Crippen LogP) is 5.41. The Balaban J connectivity index is 1.69. The number of rotatable bonds is 7. The second kappa shape index (κ2) is 12.8. The van der Waals surface area contributed by atoms with Gasteiger partial charge in [0.2, 0.25) is 12.5 Å². The molecule has 1 atom stereocenters. The van der Waals surface area contributed by atoms with Crippen LogP contribution in [-0.2, 0) is 17.9 Å². The summed E-state index contributed by atoms with van der Waals surface area (Å²) in [6.45, 7) is 18.6. The number of benzene rings is 2. The number of anilines is 1. The molecule has 6 rings (SSSR count). The third kappa shape index (κ3) is 5.41. The Hall–Kier alpha value is -4.79. The molecule has 0 bridgehead atoms. The van der Waals surface area contributed by atoms with Crippen molar-refractivity contribution in [1.82, 2.24) is 24.8 Å². The predicted molar refractivity (Wildman–Crippen MR) is 181 cm³/mol. The van der Waals surface area contributed by atoms with Crippen LogP contribution in [0, 0.1) is 19.3 Å². The maximum absolute atomic E-state index is 15.8. The summed E-state index contributed by atoms with van der Waals surface area (Å²) in [6.07, 6.45) is 2.95. The Morgan fingerprint density at radius 3 is 2.79 bits per heavy atom. The number of amides is 1. The van der Waals surface area contributed by atoms with Crippen LogP contribution in [0.5, 0.6) is 5.75 Å². The summed E-state index contributed by atoms with van der Waals surface area (Å²) in [5, 5.41) is 3.89. The highest BCUT2D eigenvalue weighted by Gasteiger charge is 2.36. The molecule has 2 aromatic heterocycles. The first kappa shape index (κ1) is 32.2. The minimum Gasteiger partial charge on any atom is -0.486 e. The van der Waals surface area contributed by atoms with E-state index in [0.717, 1.165) is 11.1 Å². The summed E-state index contributed by atoms with van der Waals surface area (Å²) in [5.74, 6) is -0.124. The number of carbonyl (C=O) groups excluding carboxylic acids is 1. The van der Waals surface area contributed by atoms with Crippen LogP contribution in [0.3, 0.4) is 0 Å². The van der Waals surface area contributed by atoms with Crippen molar-refractivity contribution in [2.24, 2.45) is 0 Å². The summed E-state index contributed by atoms with van der Waals surface area (Å²) in [7, 11) is 1.82. The van der Waals surface area contributed by atoms with Crippen molar-refractivity contribution < 1.29 is 13.9 Å². The number of aromatic nitrogens is 3. The SMILES string of the molecule is [C-]#[N+]C[C@H]1CN(c2nc(=O)n(-c3c(C)ccnc3C(C)C)c3c4c(c(Cl)cc23)-c2c(F)ccc(CNC)c2CO4)CCN1C(=O)C=C. The van der Waals surface area contributed by atoms with Crippen LogP contribution < -0.4 is 20.6 Å². The van der Waals surface area contributed by atoms with E-state index in [1.54, 1.807) is 23.2 Å². The van der Waals surface area contributed by atoms with E-state index in [2.05, 4.69) is 26.7 Å². The Bertz CT molecular complexity index is 2040. The second-order valence-electron chi connectivity index (χ2n) is 12.1. The molecule has 12 heteroatoms. The van der Waals surface area contributed by atoms with Crippen molar-refractivity contribution in [3.05, 3.63) is 98.2 Å². The van der Waals surface area contributed by atoms with Gasteiger partial charge >= 0.3 is 5.69 Å². The van der Waals surface area contributed by atoms with Gasteiger partial charge in [-0.3, -0.25) is 14.3 Å². The van der Waals surface area contributed by atoms with E-state index in [1.165, 1.54) is 16.7 Å². The van der Waals surface area contributed by atoms with Crippen LogP contribution >= 0.6 is 11.6 Å². The van der Waals surface area contributed by atoms with Gasteiger partial charge in [0.25, 0.3) is 0 Å². The minimum atomic E-state index is -0.569. The average Bonchev–Trinajstić information content (AvgIpc) is 3.05. The standard InChI is InChI=1S/C35H35ClFN7O3/c1-7-27(45)43-13-12-42(17-22(43)16-39-6)34-23-14-25(36)29-28-24(21(15-38-5)8-9-26(28)37)18-47-33(29)32(23)44(35(46)41-34)31-20(4)10-11-40-30(31)19(2)3/h7-11,14,19,22,38H,1,12-13,15-18H2,2-5H3/t22-/m0/s1. The summed E-state index contributed by atoms with van der Waals surface area (Å²) >= 11 is 7.06. The van der Waals surface area contributed by atoms with E-state index in [1.807, 2.05) is 38.8 Å². The van der Waals surface area contributed by atoms with Gasteiger partial charge in [-0.25, -0.2) is 15.8 Å². The monoisotopic (exact) mass is 655 g/mol. The van der Waals surface area contributed by atoms with Crippen LogP contribution in [0.25, 0.3) is 32.6 Å². The normalized spacial score (nSPS) is 15.7. The van der Waals surface area contributed by atoms with E-state index >= 15 is 4.39 Å². The van der Waals surface area contributed by atoms with Gasteiger partial charge in [-0.05, 0) is 55.3 Å². The molecule has 1 fully saturated rings. The third-order valence-electron chi connectivity index (χ3n) is 8.87. The first-order valence-electron chi connectivity index (χ1n) is 15.5. The molecule has 47 heavy (non-hydrogen) atoms. The molecule has 0 radical (unpaired) electrons. The topological polar surface area (TPSA) is 96.9 Å². The quantitative estimate of drug-likeness (QED) is 0.210. The minimum absolute atomic E-state index is 0.0392. The smallest absolute Gasteiger partial charge is 0.354 e. The molecule has 4 heterocycles. The Morgan fingerprint density at radius 2 is 2.09 bits per heavy atom. The number of halogens is 2. The zero-order valence-electron chi connectivity index (χ0n) is 26.7. The summed E-state index contributed by atoms with van der Waals surface area (Å²) in [6, 6.07) is 6.25. The molecule has 0 unspecified atom stereocenters. The van der Waals surface area contributed by atoms with Crippen molar-refractivity contribution in [3.63, 3.8) is 0 Å². The lowest BCUT2D eigenvalue weighted by Gasteiger charge is -2.40. The maximum Gasteiger partial charge on any atom is 0.354 e. The molecular formula is C35H35ClFN7O3. The van der Waals surface area contributed by atoms with Gasteiger partial charge in [-0.2, -0.15) is 4.98 Å². The number of piperazine rings is 1. The van der Waals surface area contributed by atoms with Gasteiger partial charge in [-0.15, -0.1) is 0 Å². The van der Waals surface area contributed by atoms with Gasteiger partial charge in [0.15, 0.2) is 5.75 Å². The van der Waals surface area contributed by atoms with Crippen LogP contribution in [0.1, 0.15) is 42.1 Å². The van der Waals surface area contributed by atoms with E-state index in [9.17, 15) is 9.59 Å². The maximum atomic E-state index is 15.8. The van der Waals surface area contributed by atoms with Crippen molar-refractivity contribution in [2.75, 3.05) is 38.1 Å². The molecule has 242 valence electrons. The Kier molecular flexibility index (Phi) is 8.74. The molecule has 0 aliphatic carbocycles. The number of nitrogens with zero attached hydrogens (tertiary/aromatic N) is 6. The number of aryl methyl sites for hydroxylation is 1. The lowest BCUT2D eigenvalue weighted by Crippen LogP contribution is -2.56. The number of hydrogen-bond donors (Lipinski definition) is 1. The molecule has 1 N–H and O–H groups in total. The zero-order chi connectivity index (χ0) is 33.6. The number of fused-ring (bicyclic) bond motifs is 5. The third-order valence-corrected chi connectivity index (χ3v) is 9.17. The molecule has 0 saturated carbocycles. The molecule has 1 amide bonds. The zero-order valence-corrected chi connectivity index (χ0v) is 27.5. The van der Waals surface area contributed by atoms with E-state index < -0.39 is 17.5 Å². The van der Waals surface area contributed by atoms with Gasteiger partial charge in [-0.1, -0.05) is 38.1 Å². The lowest BCUT2D eigenvalue weighted by atomic mass is 9.91. The molecule has 0 spiro atoms. The van der Waals surface area contributed by atoms with Crippen molar-refractivity contribution in [1.29, 1.82) is 0 Å². The highest BCUT2D eigenvalue weighted by atomic mass is 35.5. The van der Waals surface area contributed by atoms with E-state index in [0.29, 0.717) is 64.4 Å². The molecule has 1 saturated heterocycles. The van der Waals surface area contributed by atoms with Crippen LogP contribution in [0.4, 0.5) is 10.2 Å². The number of carbonyl (C=O) groups is 1. The highest BCUT2D eigenvalue weighted by molar-refractivity contribution is 6.35. The molecule has 4 aromatic rings. The summed E-state index contributed by atoms with van der Waals surface area (Å²) in [4.78, 5) is 43.4. The van der Waals surface area contributed by atoms with Crippen LogP contribution in [0.2, 0.25) is 5.02 Å². The molecule has 2 aliphatic rings. The number of pyridine rings is 1. The number of hydrogen-bond acceptors (Lipinski definition) is 7. The molecule has 2 aliphatic heterocycles. The van der Waals surface area contributed by atoms with Crippen LogP contribution in [0.15, 0.2) is 47.9 Å². The fourth-order valence-corrected chi connectivity index (χ4v) is 7.02. The lowest BCUT2D eigenvalue weighted by molar-refractivity contribution is -0.128. The van der Waals surface area contributed by atoms with E-state index in [4.69, 9.17) is 22.9 Å². The van der Waals surface area contributed by atoms with Crippen molar-refractivity contribution in [3.8, 4) is 22.6 Å². The Labute approximate surface area is 277 Å². The molecule has 2 aromatic carbocycles. The Morgan fingerprint density at radius 1 is 1.30 bits per heavy atom. The fraction of sp³-hybridized carbons (Fsp3) is 0.343. The largest absolute Gasteiger partial charge is 0.486 e. The number of ether oxygens (including phenoxy) is 1. The van der Waals surface area contributed by atoms with Gasteiger partial charge in [0, 0.05) is 54.5 Å². The van der Waals surface area contributed by atoms with Gasteiger partial charge < -0.3 is 24.7 Å². The second-order valence-corrected chi connectivity index (χ2v) is 12.5. The first-order chi connectivity index (χ1) is 22.6. The summed E-state index contributed by atoms with van der Waals surface area (Å²) in [5.41, 5.74) is 4.16. The fourth-order valence-electron chi connectivity index (χ4n) is 6.73. The average molecular weight is 656 g/mol. The van der Waals surface area contributed by atoms with Crippen molar-refractivity contribution in [2.45, 2.75) is 45.9 Å². The van der Waals surface area contributed by atoms with Crippen LogP contribution in [-0.4, -0.2) is 64.6 Å². The first-order valence-corrected chi connectivity index (χ1v) is 15.8. The van der Waals surface area contributed by atoms with Crippen molar-refractivity contribution >= 4 is 34.2 Å². The van der Waals surface area contributed by atoms with Gasteiger partial charge in [0.1, 0.15) is 29.8 Å². The van der Waals surface area contributed by atoms with E-state index in [-0.39, 0.29) is 42.3 Å². The molecule has 10 nitrogen and oxygen atoms in total. The highest BCUT2D eigenvalue weighted by Crippen LogP contribution is 2.50. The number of nitrogens with one attached hydrogen (secondary N) is 1. The van der Waals surface area contributed by atoms with Gasteiger partial charge in [0.05, 0.1) is 16.4 Å². The molecular weight excluding hydrogens is 621 g/mol.